The van der Waals surface area contributed by atoms with Crippen LogP contribution < -0.4 is 16.4 Å². The van der Waals surface area contributed by atoms with Crippen LogP contribution in [0, 0.1) is 17.1 Å². The number of carbonyl (C=O) groups excluding carboxylic acids is 2. The summed E-state index contributed by atoms with van der Waals surface area (Å²) in [5.74, 6) is -2.92. The fraction of sp³-hybridized carbons (Fsp3) is 0.444. The summed E-state index contributed by atoms with van der Waals surface area (Å²) in [6.07, 6.45) is -4.69. The number of alkyl halides is 4. The first-order valence-electron chi connectivity index (χ1n) is 12.0. The number of amides is 2. The van der Waals surface area contributed by atoms with Crippen LogP contribution >= 0.6 is 0 Å². The van der Waals surface area contributed by atoms with Crippen molar-refractivity contribution in [3.05, 3.63) is 59.4 Å². The third-order valence-electron chi connectivity index (χ3n) is 6.50. The third-order valence-corrected chi connectivity index (χ3v) is 6.50. The van der Waals surface area contributed by atoms with Crippen molar-refractivity contribution in [1.29, 1.82) is 5.26 Å². The van der Waals surface area contributed by atoms with Crippen molar-refractivity contribution in [3.8, 4) is 17.2 Å². The van der Waals surface area contributed by atoms with E-state index >= 15 is 0 Å². The Bertz CT molecular complexity index is 1230. The second-order valence-electron chi connectivity index (χ2n) is 10.3. The van der Waals surface area contributed by atoms with E-state index in [9.17, 15) is 36.8 Å². The average molecular weight is 537 g/mol. The van der Waals surface area contributed by atoms with E-state index in [0.29, 0.717) is 18.4 Å². The van der Waals surface area contributed by atoms with Crippen molar-refractivity contribution < 1.29 is 31.5 Å². The van der Waals surface area contributed by atoms with Crippen LogP contribution in [0.25, 0.3) is 11.1 Å². The van der Waals surface area contributed by atoms with Gasteiger partial charge in [0.15, 0.2) is 0 Å². The van der Waals surface area contributed by atoms with Gasteiger partial charge in [-0.1, -0.05) is 36.4 Å². The molecule has 1 unspecified atom stereocenters. The Labute approximate surface area is 217 Å². The summed E-state index contributed by atoms with van der Waals surface area (Å²) in [6, 6.07) is 6.97. The van der Waals surface area contributed by atoms with Gasteiger partial charge in [0.2, 0.25) is 11.8 Å². The molecule has 1 aliphatic carbocycles. The Morgan fingerprint density at radius 1 is 1.08 bits per heavy atom. The normalized spacial score (nSPS) is 17.1. The minimum atomic E-state index is -4.86. The molecule has 0 aromatic heterocycles. The molecule has 6 nitrogen and oxygen atoms in total. The first-order chi connectivity index (χ1) is 17.5. The smallest absolute Gasteiger partial charge is 0.369 e. The van der Waals surface area contributed by atoms with E-state index in [1.54, 1.807) is 0 Å². The molecule has 4 N–H and O–H groups in total. The van der Waals surface area contributed by atoms with Gasteiger partial charge in [0, 0.05) is 12.0 Å². The van der Waals surface area contributed by atoms with E-state index in [0.717, 1.165) is 32.0 Å². The van der Waals surface area contributed by atoms with Crippen molar-refractivity contribution in [2.45, 2.75) is 75.4 Å². The molecule has 3 atom stereocenters. The number of nitriles is 1. The second kappa shape index (κ2) is 10.7. The first-order valence-corrected chi connectivity index (χ1v) is 12.0. The quantitative estimate of drug-likeness (QED) is 0.373. The van der Waals surface area contributed by atoms with Gasteiger partial charge in [0.25, 0.3) is 0 Å². The van der Waals surface area contributed by atoms with Gasteiger partial charge in [-0.05, 0) is 56.4 Å². The van der Waals surface area contributed by atoms with E-state index in [1.807, 2.05) is 6.07 Å². The Hall–Kier alpha value is -3.52. The van der Waals surface area contributed by atoms with Crippen molar-refractivity contribution >= 4 is 11.8 Å². The number of benzene rings is 2. The molecule has 0 aliphatic heterocycles. The van der Waals surface area contributed by atoms with Crippen LogP contribution in [0.2, 0.25) is 0 Å². The lowest BCUT2D eigenvalue weighted by Gasteiger charge is -2.30. The first kappa shape index (κ1) is 29.0. The van der Waals surface area contributed by atoms with Crippen LogP contribution in [-0.4, -0.2) is 35.2 Å². The molecule has 0 bridgehead atoms. The van der Waals surface area contributed by atoms with Gasteiger partial charge >= 0.3 is 6.18 Å². The number of hydrogen-bond donors (Lipinski definition) is 3. The Balaban J connectivity index is 1.88. The largest absolute Gasteiger partial charge is 0.407 e. The fourth-order valence-corrected chi connectivity index (χ4v) is 4.06. The zero-order valence-corrected chi connectivity index (χ0v) is 21.1. The van der Waals surface area contributed by atoms with Gasteiger partial charge < -0.3 is 11.1 Å². The van der Waals surface area contributed by atoms with E-state index in [-0.39, 0.29) is 16.7 Å². The third kappa shape index (κ3) is 7.07. The molecule has 0 heterocycles. The molecule has 0 spiro atoms. The summed E-state index contributed by atoms with van der Waals surface area (Å²) < 4.78 is 71.5. The summed E-state index contributed by atoms with van der Waals surface area (Å²) in [5, 5.41) is 13.9. The number of halogens is 5. The molecule has 1 saturated carbocycles. The standard InChI is InChI=1S/C27H29F5N4O2/c1-15(23(34)37)18-8-9-19(20(28)12-18)16-4-6-17(7-5-16)22(27(30,31)32)35-21(13-25(2,3)29)24(38)36-26(14-33)10-11-26/h4-9,12,15,21-22,35H,10-11,13H2,1-3H3,(H2,34,37)(H,36,38)/t15?,21-,22-/m0/s1. The van der Waals surface area contributed by atoms with Gasteiger partial charge in [-0.25, -0.2) is 8.78 Å². The van der Waals surface area contributed by atoms with Crippen molar-refractivity contribution in [3.63, 3.8) is 0 Å². The number of hydrogen-bond acceptors (Lipinski definition) is 4. The molecule has 11 heteroatoms. The molecule has 1 fully saturated rings. The molecular formula is C27H29F5N4O2. The molecule has 2 aromatic carbocycles. The van der Waals surface area contributed by atoms with Crippen molar-refractivity contribution in [2.24, 2.45) is 5.73 Å². The summed E-state index contributed by atoms with van der Waals surface area (Å²) in [5.41, 5.74) is 2.63. The highest BCUT2D eigenvalue weighted by Gasteiger charge is 2.48. The van der Waals surface area contributed by atoms with Gasteiger partial charge in [0.05, 0.1) is 18.0 Å². The molecule has 0 saturated heterocycles. The summed E-state index contributed by atoms with van der Waals surface area (Å²) in [7, 11) is 0. The highest BCUT2D eigenvalue weighted by atomic mass is 19.4. The molecule has 2 aromatic rings. The lowest BCUT2D eigenvalue weighted by Crippen LogP contribution is -2.53. The molecule has 38 heavy (non-hydrogen) atoms. The highest BCUT2D eigenvalue weighted by Crippen LogP contribution is 2.37. The van der Waals surface area contributed by atoms with Crippen LogP contribution in [0.4, 0.5) is 22.0 Å². The summed E-state index contributed by atoms with van der Waals surface area (Å²) in [6.45, 7) is 3.82. The minimum Gasteiger partial charge on any atom is -0.369 e. The zero-order chi connectivity index (χ0) is 28.5. The monoisotopic (exact) mass is 536 g/mol. The molecule has 0 radical (unpaired) electrons. The average Bonchev–Trinajstić information content (AvgIpc) is 3.59. The number of nitrogens with one attached hydrogen (secondary N) is 2. The highest BCUT2D eigenvalue weighted by molar-refractivity contribution is 5.83. The van der Waals surface area contributed by atoms with Gasteiger partial charge in [0.1, 0.15) is 23.1 Å². The lowest BCUT2D eigenvalue weighted by atomic mass is 9.94. The number of carbonyl (C=O) groups is 2. The van der Waals surface area contributed by atoms with Gasteiger partial charge in [-0.3, -0.25) is 14.9 Å². The zero-order valence-electron chi connectivity index (χ0n) is 21.1. The van der Waals surface area contributed by atoms with Crippen molar-refractivity contribution in [1.82, 2.24) is 10.6 Å². The molecular weight excluding hydrogens is 507 g/mol. The second-order valence-corrected chi connectivity index (χ2v) is 10.3. The van der Waals surface area contributed by atoms with E-state index in [2.05, 4.69) is 10.6 Å². The Morgan fingerprint density at radius 3 is 2.11 bits per heavy atom. The van der Waals surface area contributed by atoms with Gasteiger partial charge in [-0.15, -0.1) is 0 Å². The van der Waals surface area contributed by atoms with Crippen LogP contribution in [-0.2, 0) is 9.59 Å². The SMILES string of the molecule is CC(C(N)=O)c1ccc(-c2ccc([C@H](N[C@@H](CC(C)(C)F)C(=O)NC3(C#N)CC3)C(F)(F)F)cc2)c(F)c1. The number of primary amides is 1. The van der Waals surface area contributed by atoms with Crippen LogP contribution in [0.5, 0.6) is 0 Å². The predicted molar refractivity (Wildman–Crippen MR) is 131 cm³/mol. The van der Waals surface area contributed by atoms with Gasteiger partial charge in [-0.2, -0.15) is 18.4 Å². The maximum Gasteiger partial charge on any atom is 0.407 e. The fourth-order valence-electron chi connectivity index (χ4n) is 4.06. The van der Waals surface area contributed by atoms with E-state index in [1.165, 1.54) is 31.2 Å². The Kier molecular flexibility index (Phi) is 8.17. The van der Waals surface area contributed by atoms with Crippen molar-refractivity contribution in [2.75, 3.05) is 0 Å². The molecule has 1 aliphatic rings. The van der Waals surface area contributed by atoms with Crippen LogP contribution in [0.15, 0.2) is 42.5 Å². The molecule has 2 amide bonds. The predicted octanol–water partition coefficient (Wildman–Crippen LogP) is 4.95. The topological polar surface area (TPSA) is 108 Å². The maximum absolute atomic E-state index is 14.7. The maximum atomic E-state index is 14.7. The number of nitrogens with zero attached hydrogens (tertiary/aromatic N) is 1. The molecule has 204 valence electrons. The summed E-state index contributed by atoms with van der Waals surface area (Å²) >= 11 is 0. The van der Waals surface area contributed by atoms with E-state index in [4.69, 9.17) is 5.73 Å². The summed E-state index contributed by atoms with van der Waals surface area (Å²) in [4.78, 5) is 24.2. The Morgan fingerprint density at radius 2 is 1.66 bits per heavy atom. The van der Waals surface area contributed by atoms with Crippen LogP contribution in [0.3, 0.4) is 0 Å². The lowest BCUT2D eigenvalue weighted by molar-refractivity contribution is -0.161. The number of nitrogens with two attached hydrogens (primary N) is 1. The number of rotatable bonds is 10. The minimum absolute atomic E-state index is 0.108. The van der Waals surface area contributed by atoms with Crippen LogP contribution in [0.1, 0.15) is 63.1 Å². The van der Waals surface area contributed by atoms with E-state index < -0.39 is 59.4 Å². The molecule has 3 rings (SSSR count).